The molecule has 0 aliphatic carbocycles. The van der Waals surface area contributed by atoms with E-state index in [0.29, 0.717) is 5.56 Å². The van der Waals surface area contributed by atoms with Crippen molar-refractivity contribution in [1.29, 1.82) is 0 Å². The van der Waals surface area contributed by atoms with Crippen molar-refractivity contribution in [3.8, 4) is 0 Å². The minimum atomic E-state index is -1.00. The molecule has 7 nitrogen and oxygen atoms in total. The standard InChI is InChI=1S/C25H37N3O4S/c1-9-14-28(22(30)19(16-33)26-23(31)32-25(6,7)8)20(21(29)27-24(3,4)5)18-13-11-12-17(10-2)15-18/h9-13,15,19-20,33H,1-2,14,16H2,3-8H3,(H,26,31)(H,27,29). The number of thiol groups is 1. The van der Waals surface area contributed by atoms with Gasteiger partial charge in [0.1, 0.15) is 17.7 Å². The topological polar surface area (TPSA) is 87.7 Å². The molecule has 2 N–H and O–H groups in total. The Labute approximate surface area is 203 Å². The average Bonchev–Trinajstić information content (AvgIpc) is 2.68. The smallest absolute Gasteiger partial charge is 0.408 e. The summed E-state index contributed by atoms with van der Waals surface area (Å²) in [5, 5.41) is 5.52. The zero-order valence-electron chi connectivity index (χ0n) is 20.5. The molecule has 8 heteroatoms. The van der Waals surface area contributed by atoms with E-state index in [9.17, 15) is 14.4 Å². The molecule has 0 saturated heterocycles. The number of ether oxygens (including phenoxy) is 1. The zero-order valence-corrected chi connectivity index (χ0v) is 21.4. The molecule has 2 atom stereocenters. The molecule has 33 heavy (non-hydrogen) atoms. The summed E-state index contributed by atoms with van der Waals surface area (Å²) in [7, 11) is 0. The maximum atomic E-state index is 13.6. The zero-order chi connectivity index (χ0) is 25.4. The van der Waals surface area contributed by atoms with Gasteiger partial charge < -0.3 is 20.3 Å². The van der Waals surface area contributed by atoms with Crippen LogP contribution in [-0.2, 0) is 14.3 Å². The van der Waals surface area contributed by atoms with E-state index in [1.54, 1.807) is 45.0 Å². The van der Waals surface area contributed by atoms with Gasteiger partial charge in [-0.2, -0.15) is 12.6 Å². The molecular weight excluding hydrogens is 438 g/mol. The number of carbonyl (C=O) groups excluding carboxylic acids is 3. The van der Waals surface area contributed by atoms with Crippen molar-refractivity contribution in [2.75, 3.05) is 12.3 Å². The number of benzene rings is 1. The number of nitrogens with zero attached hydrogens (tertiary/aromatic N) is 1. The lowest BCUT2D eigenvalue weighted by atomic mass is 9.99. The summed E-state index contributed by atoms with van der Waals surface area (Å²) in [4.78, 5) is 40.7. The summed E-state index contributed by atoms with van der Waals surface area (Å²) in [6.07, 6.45) is 2.47. The Bertz CT molecular complexity index is 871. The number of carbonyl (C=O) groups is 3. The summed E-state index contributed by atoms with van der Waals surface area (Å²) >= 11 is 4.25. The summed E-state index contributed by atoms with van der Waals surface area (Å²) in [6.45, 7) is 18.4. The highest BCUT2D eigenvalue weighted by atomic mass is 32.1. The minimum absolute atomic E-state index is 0.0199. The molecule has 1 aromatic carbocycles. The van der Waals surface area contributed by atoms with Gasteiger partial charge in [-0.25, -0.2) is 4.79 Å². The molecule has 0 aliphatic heterocycles. The number of hydrogen-bond donors (Lipinski definition) is 3. The molecule has 0 fully saturated rings. The molecule has 0 bridgehead atoms. The number of nitrogens with one attached hydrogen (secondary N) is 2. The van der Waals surface area contributed by atoms with Crippen molar-refractivity contribution in [2.24, 2.45) is 0 Å². The number of alkyl carbamates (subject to hydrolysis) is 1. The highest BCUT2D eigenvalue weighted by Crippen LogP contribution is 2.25. The maximum Gasteiger partial charge on any atom is 0.408 e. The third kappa shape index (κ3) is 9.34. The second-order valence-corrected chi connectivity index (χ2v) is 10.0. The normalized spacial score (nSPS) is 13.3. The molecule has 0 heterocycles. The highest BCUT2D eigenvalue weighted by molar-refractivity contribution is 7.80. The first kappa shape index (κ1) is 28.3. The van der Waals surface area contributed by atoms with Crippen molar-refractivity contribution in [3.05, 3.63) is 54.6 Å². The van der Waals surface area contributed by atoms with Crippen LogP contribution in [0.4, 0.5) is 4.79 Å². The Kier molecular flexibility index (Phi) is 10.2. The fourth-order valence-corrected chi connectivity index (χ4v) is 3.31. The van der Waals surface area contributed by atoms with Crippen LogP contribution in [0.5, 0.6) is 0 Å². The van der Waals surface area contributed by atoms with Gasteiger partial charge >= 0.3 is 6.09 Å². The van der Waals surface area contributed by atoms with Crippen molar-refractivity contribution in [3.63, 3.8) is 0 Å². The average molecular weight is 476 g/mol. The fourth-order valence-electron chi connectivity index (χ4n) is 3.06. The summed E-state index contributed by atoms with van der Waals surface area (Å²) in [5.74, 6) is -0.811. The monoisotopic (exact) mass is 475 g/mol. The third-order valence-corrected chi connectivity index (χ3v) is 4.67. The molecule has 3 amide bonds. The molecule has 0 spiro atoms. The van der Waals surface area contributed by atoms with Gasteiger partial charge in [-0.05, 0) is 58.7 Å². The summed E-state index contributed by atoms with van der Waals surface area (Å²) in [6, 6.07) is 5.28. The van der Waals surface area contributed by atoms with Crippen molar-refractivity contribution in [2.45, 2.75) is 64.8 Å². The highest BCUT2D eigenvalue weighted by Gasteiger charge is 2.36. The second-order valence-electron chi connectivity index (χ2n) is 9.68. The third-order valence-electron chi connectivity index (χ3n) is 4.30. The predicted octanol–water partition coefficient (Wildman–Crippen LogP) is 4.12. The molecule has 2 unspecified atom stereocenters. The second kappa shape index (κ2) is 11.9. The first-order valence-corrected chi connectivity index (χ1v) is 11.4. The van der Waals surface area contributed by atoms with Gasteiger partial charge in [0.05, 0.1) is 0 Å². The van der Waals surface area contributed by atoms with Gasteiger partial charge in [-0.3, -0.25) is 9.59 Å². The largest absolute Gasteiger partial charge is 0.444 e. The Hall–Kier alpha value is -2.74. The SMILES string of the molecule is C=CCN(C(=O)C(CS)NC(=O)OC(C)(C)C)C(C(=O)NC(C)(C)C)c1cccc(C=C)c1. The van der Waals surface area contributed by atoms with Crippen molar-refractivity contribution < 1.29 is 19.1 Å². The molecular formula is C25H37N3O4S. The first-order chi connectivity index (χ1) is 15.2. The van der Waals surface area contributed by atoms with E-state index in [0.717, 1.165) is 5.56 Å². The van der Waals surface area contributed by atoms with Crippen LogP contribution >= 0.6 is 12.6 Å². The Morgan fingerprint density at radius 1 is 1.15 bits per heavy atom. The van der Waals surface area contributed by atoms with Crippen LogP contribution in [0, 0.1) is 0 Å². The fraction of sp³-hybridized carbons (Fsp3) is 0.480. The number of rotatable bonds is 9. The van der Waals surface area contributed by atoms with Crippen LogP contribution < -0.4 is 10.6 Å². The van der Waals surface area contributed by atoms with Crippen LogP contribution in [0.3, 0.4) is 0 Å². The lowest BCUT2D eigenvalue weighted by Crippen LogP contribution is -2.55. The summed E-state index contributed by atoms with van der Waals surface area (Å²) < 4.78 is 5.28. The van der Waals surface area contributed by atoms with Gasteiger partial charge in [0.2, 0.25) is 11.8 Å². The lowest BCUT2D eigenvalue weighted by molar-refractivity contribution is -0.142. The molecule has 182 valence electrons. The molecule has 1 rings (SSSR count). The minimum Gasteiger partial charge on any atom is -0.444 e. The molecule has 1 aromatic rings. The van der Waals surface area contributed by atoms with E-state index < -0.39 is 35.2 Å². The van der Waals surface area contributed by atoms with Crippen LogP contribution in [0.15, 0.2) is 43.5 Å². The van der Waals surface area contributed by atoms with Gasteiger partial charge in [0.25, 0.3) is 0 Å². The Morgan fingerprint density at radius 2 is 1.79 bits per heavy atom. The van der Waals surface area contributed by atoms with E-state index in [1.807, 2.05) is 26.8 Å². The quantitative estimate of drug-likeness (QED) is 0.370. The van der Waals surface area contributed by atoms with Crippen LogP contribution in [-0.4, -0.2) is 52.3 Å². The van der Waals surface area contributed by atoms with E-state index in [1.165, 1.54) is 11.0 Å². The van der Waals surface area contributed by atoms with Gasteiger partial charge in [-0.1, -0.05) is 36.9 Å². The van der Waals surface area contributed by atoms with Crippen molar-refractivity contribution in [1.82, 2.24) is 15.5 Å². The number of hydrogen-bond acceptors (Lipinski definition) is 5. The van der Waals surface area contributed by atoms with Gasteiger partial charge in [0, 0.05) is 17.8 Å². The van der Waals surface area contributed by atoms with Gasteiger partial charge in [-0.15, -0.1) is 6.58 Å². The van der Waals surface area contributed by atoms with E-state index in [2.05, 4.69) is 36.4 Å². The Balaban J connectivity index is 3.42. The maximum absolute atomic E-state index is 13.6. The molecule has 0 saturated carbocycles. The lowest BCUT2D eigenvalue weighted by Gasteiger charge is -2.35. The predicted molar refractivity (Wildman–Crippen MR) is 136 cm³/mol. The first-order valence-electron chi connectivity index (χ1n) is 10.8. The molecule has 0 radical (unpaired) electrons. The Morgan fingerprint density at radius 3 is 2.27 bits per heavy atom. The number of amides is 3. The van der Waals surface area contributed by atoms with E-state index in [4.69, 9.17) is 4.74 Å². The van der Waals surface area contributed by atoms with Crippen LogP contribution in [0.1, 0.15) is 58.7 Å². The van der Waals surface area contributed by atoms with E-state index >= 15 is 0 Å². The molecule has 0 aromatic heterocycles. The summed E-state index contributed by atoms with van der Waals surface area (Å²) in [5.41, 5.74) is 0.172. The van der Waals surface area contributed by atoms with E-state index in [-0.39, 0.29) is 18.2 Å². The van der Waals surface area contributed by atoms with Crippen LogP contribution in [0.25, 0.3) is 6.08 Å². The van der Waals surface area contributed by atoms with Crippen molar-refractivity contribution >= 4 is 36.6 Å². The van der Waals surface area contributed by atoms with Crippen LogP contribution in [0.2, 0.25) is 0 Å². The van der Waals surface area contributed by atoms with Gasteiger partial charge in [0.15, 0.2) is 0 Å². The molecule has 0 aliphatic rings.